The van der Waals surface area contributed by atoms with Crippen LogP contribution in [0.5, 0.6) is 0 Å². The maximum absolute atomic E-state index is 10.5. The maximum Gasteiger partial charge on any atom is 0.249 e. The lowest BCUT2D eigenvalue weighted by molar-refractivity contribution is -0.132. The Labute approximate surface area is 87.9 Å². The minimum Gasteiger partial charge on any atom is -0.383 e. The molecule has 0 spiro atoms. The molecule has 0 radical (unpaired) electrons. The molecule has 0 aliphatic carbocycles. The Morgan fingerprint density at radius 3 is 2.50 bits per heavy atom. The van der Waals surface area contributed by atoms with Gasteiger partial charge in [0.15, 0.2) is 6.10 Å². The third-order valence-corrected chi connectivity index (χ3v) is 1.94. The van der Waals surface area contributed by atoms with Crippen molar-refractivity contribution in [1.29, 1.82) is 0 Å². The molecular formula is C7H8BrN3O3. The third-order valence-electron chi connectivity index (χ3n) is 1.53. The van der Waals surface area contributed by atoms with E-state index in [-0.39, 0.29) is 5.69 Å². The van der Waals surface area contributed by atoms with Gasteiger partial charge in [-0.3, -0.25) is 9.78 Å². The van der Waals surface area contributed by atoms with Crippen molar-refractivity contribution < 1.29 is 15.0 Å². The summed E-state index contributed by atoms with van der Waals surface area (Å²) in [6, 6.07) is 0. The van der Waals surface area contributed by atoms with Crippen LogP contribution in [0.4, 0.5) is 0 Å². The largest absolute Gasteiger partial charge is 0.383 e. The van der Waals surface area contributed by atoms with Gasteiger partial charge >= 0.3 is 0 Å². The van der Waals surface area contributed by atoms with Crippen molar-refractivity contribution in [2.45, 2.75) is 12.2 Å². The standard InChI is InChI=1S/C7H8BrN3O3/c8-4-2-10-3(1-11-4)5(12)6(13)7(9)14/h1-2,5-6,12-13H,(H2,9,14). The Kier molecular flexibility index (Phi) is 3.50. The number of hydrogen-bond donors (Lipinski definition) is 3. The van der Waals surface area contributed by atoms with Crippen LogP contribution in [-0.2, 0) is 4.79 Å². The molecule has 2 unspecified atom stereocenters. The number of carbonyl (C=O) groups excluding carboxylic acids is 1. The van der Waals surface area contributed by atoms with E-state index in [0.29, 0.717) is 4.60 Å². The van der Waals surface area contributed by atoms with E-state index >= 15 is 0 Å². The van der Waals surface area contributed by atoms with Crippen LogP contribution < -0.4 is 5.73 Å². The van der Waals surface area contributed by atoms with Crippen molar-refractivity contribution >= 4 is 21.8 Å². The number of rotatable bonds is 3. The number of primary amides is 1. The van der Waals surface area contributed by atoms with Crippen LogP contribution in [0.1, 0.15) is 11.8 Å². The topological polar surface area (TPSA) is 109 Å². The fourth-order valence-electron chi connectivity index (χ4n) is 0.792. The second-order valence-electron chi connectivity index (χ2n) is 2.56. The van der Waals surface area contributed by atoms with Crippen LogP contribution in [0.25, 0.3) is 0 Å². The molecule has 1 aromatic heterocycles. The molecule has 0 saturated carbocycles. The molecule has 0 fully saturated rings. The fourth-order valence-corrected chi connectivity index (χ4v) is 0.997. The van der Waals surface area contributed by atoms with Gasteiger partial charge in [-0.15, -0.1) is 0 Å². The number of nitrogens with zero attached hydrogens (tertiary/aromatic N) is 2. The molecule has 76 valence electrons. The summed E-state index contributed by atoms with van der Waals surface area (Å²) in [5, 5.41) is 18.5. The fraction of sp³-hybridized carbons (Fsp3) is 0.286. The first-order valence-corrected chi connectivity index (χ1v) is 4.44. The van der Waals surface area contributed by atoms with Crippen molar-refractivity contribution in [3.8, 4) is 0 Å². The molecule has 0 aliphatic rings. The molecule has 1 amide bonds. The zero-order valence-electron chi connectivity index (χ0n) is 6.96. The minimum absolute atomic E-state index is 0.0829. The van der Waals surface area contributed by atoms with Crippen LogP contribution in [0.2, 0.25) is 0 Å². The van der Waals surface area contributed by atoms with Crippen LogP contribution in [0.3, 0.4) is 0 Å². The summed E-state index contributed by atoms with van der Waals surface area (Å²) in [4.78, 5) is 18.1. The summed E-state index contributed by atoms with van der Waals surface area (Å²) in [5.74, 6) is -1.01. The summed E-state index contributed by atoms with van der Waals surface area (Å²) in [6.45, 7) is 0. The molecule has 1 rings (SSSR count). The molecule has 6 nitrogen and oxygen atoms in total. The normalized spacial score (nSPS) is 14.8. The number of hydrogen-bond acceptors (Lipinski definition) is 5. The molecule has 2 atom stereocenters. The molecular weight excluding hydrogens is 254 g/mol. The number of aromatic nitrogens is 2. The van der Waals surface area contributed by atoms with E-state index in [4.69, 9.17) is 10.8 Å². The first-order chi connectivity index (χ1) is 6.52. The molecule has 1 aromatic rings. The van der Waals surface area contributed by atoms with Gasteiger partial charge in [-0.05, 0) is 15.9 Å². The van der Waals surface area contributed by atoms with Gasteiger partial charge in [0.1, 0.15) is 10.7 Å². The van der Waals surface area contributed by atoms with Crippen molar-refractivity contribution in [2.75, 3.05) is 0 Å². The van der Waals surface area contributed by atoms with Gasteiger partial charge < -0.3 is 15.9 Å². The van der Waals surface area contributed by atoms with Crippen molar-refractivity contribution in [2.24, 2.45) is 5.73 Å². The second kappa shape index (κ2) is 4.45. The summed E-state index contributed by atoms with van der Waals surface area (Å²) in [7, 11) is 0. The smallest absolute Gasteiger partial charge is 0.249 e. The summed E-state index contributed by atoms with van der Waals surface area (Å²) >= 11 is 3.05. The van der Waals surface area contributed by atoms with E-state index in [1.807, 2.05) is 0 Å². The zero-order valence-corrected chi connectivity index (χ0v) is 8.55. The van der Waals surface area contributed by atoms with E-state index in [9.17, 15) is 9.90 Å². The number of amides is 1. The van der Waals surface area contributed by atoms with E-state index in [1.165, 1.54) is 12.4 Å². The lowest BCUT2D eigenvalue weighted by Crippen LogP contribution is -2.34. The molecule has 7 heteroatoms. The van der Waals surface area contributed by atoms with E-state index in [2.05, 4.69) is 25.9 Å². The van der Waals surface area contributed by atoms with Gasteiger partial charge in [0.05, 0.1) is 18.1 Å². The minimum atomic E-state index is -1.68. The summed E-state index contributed by atoms with van der Waals surface area (Å²) < 4.78 is 0.488. The molecule has 4 N–H and O–H groups in total. The van der Waals surface area contributed by atoms with Crippen molar-refractivity contribution in [1.82, 2.24) is 9.97 Å². The highest BCUT2D eigenvalue weighted by Crippen LogP contribution is 2.14. The Balaban J connectivity index is 2.84. The maximum atomic E-state index is 10.5. The molecule has 1 heterocycles. The highest BCUT2D eigenvalue weighted by atomic mass is 79.9. The first kappa shape index (κ1) is 11.0. The van der Waals surface area contributed by atoms with Crippen LogP contribution >= 0.6 is 15.9 Å². The van der Waals surface area contributed by atoms with Gasteiger partial charge in [0.2, 0.25) is 5.91 Å². The number of halogens is 1. The Morgan fingerprint density at radius 1 is 1.43 bits per heavy atom. The van der Waals surface area contributed by atoms with E-state index in [0.717, 1.165) is 0 Å². The van der Waals surface area contributed by atoms with Gasteiger partial charge in [-0.2, -0.15) is 0 Å². The van der Waals surface area contributed by atoms with Crippen molar-refractivity contribution in [3.63, 3.8) is 0 Å². The van der Waals surface area contributed by atoms with Gasteiger partial charge in [0.25, 0.3) is 0 Å². The molecule has 0 bridgehead atoms. The number of carbonyl (C=O) groups is 1. The monoisotopic (exact) mass is 261 g/mol. The average Bonchev–Trinajstić information content (AvgIpc) is 2.16. The van der Waals surface area contributed by atoms with Gasteiger partial charge in [-0.25, -0.2) is 4.98 Å². The predicted octanol–water partition coefficient (Wildman–Crippen LogP) is -0.881. The Bertz CT molecular complexity index is 329. The van der Waals surface area contributed by atoms with E-state index < -0.39 is 18.1 Å². The SMILES string of the molecule is NC(=O)C(O)C(O)c1cnc(Br)cn1. The van der Waals surface area contributed by atoms with Crippen molar-refractivity contribution in [3.05, 3.63) is 22.7 Å². The van der Waals surface area contributed by atoms with Crippen LogP contribution in [0, 0.1) is 0 Å². The third kappa shape index (κ3) is 2.47. The van der Waals surface area contributed by atoms with Crippen LogP contribution in [0.15, 0.2) is 17.0 Å². The van der Waals surface area contributed by atoms with Crippen LogP contribution in [-0.4, -0.2) is 32.2 Å². The zero-order chi connectivity index (χ0) is 10.7. The van der Waals surface area contributed by atoms with E-state index in [1.54, 1.807) is 0 Å². The number of aliphatic hydroxyl groups excluding tert-OH is 2. The van der Waals surface area contributed by atoms with Gasteiger partial charge in [-0.1, -0.05) is 0 Å². The molecule has 0 aromatic carbocycles. The predicted molar refractivity (Wildman–Crippen MR) is 49.9 cm³/mol. The molecule has 14 heavy (non-hydrogen) atoms. The molecule has 0 saturated heterocycles. The number of aliphatic hydroxyl groups is 2. The quantitative estimate of drug-likeness (QED) is 0.655. The summed E-state index contributed by atoms with van der Waals surface area (Å²) in [5.41, 5.74) is 4.88. The first-order valence-electron chi connectivity index (χ1n) is 3.65. The lowest BCUT2D eigenvalue weighted by Gasteiger charge is -2.13. The average molecular weight is 262 g/mol. The summed E-state index contributed by atoms with van der Waals surface area (Å²) in [6.07, 6.45) is -0.550. The van der Waals surface area contributed by atoms with Gasteiger partial charge in [0, 0.05) is 0 Å². The number of nitrogens with two attached hydrogens (primary N) is 1. The second-order valence-corrected chi connectivity index (χ2v) is 3.37. The Morgan fingerprint density at radius 2 is 2.07 bits per heavy atom. The Hall–Kier alpha value is -1.05. The highest BCUT2D eigenvalue weighted by Gasteiger charge is 2.24. The highest BCUT2D eigenvalue weighted by molar-refractivity contribution is 9.10. The lowest BCUT2D eigenvalue weighted by atomic mass is 10.1. The molecule has 0 aliphatic heterocycles.